The summed E-state index contributed by atoms with van der Waals surface area (Å²) in [7, 11) is 0. The Morgan fingerprint density at radius 1 is 1.23 bits per heavy atom. The van der Waals surface area contributed by atoms with Crippen LogP contribution in [0.15, 0.2) is 30.3 Å². The lowest BCUT2D eigenvalue weighted by molar-refractivity contribution is -0.138. The van der Waals surface area contributed by atoms with Gasteiger partial charge < -0.3 is 15.5 Å². The van der Waals surface area contributed by atoms with E-state index in [1.807, 2.05) is 30.3 Å². The van der Waals surface area contributed by atoms with Crippen LogP contribution in [0, 0.1) is 5.92 Å². The van der Waals surface area contributed by atoms with E-state index in [1.165, 1.54) is 0 Å². The van der Waals surface area contributed by atoms with E-state index in [2.05, 4.69) is 10.6 Å². The highest BCUT2D eigenvalue weighted by molar-refractivity contribution is 5.89. The third-order valence-corrected chi connectivity index (χ3v) is 4.50. The van der Waals surface area contributed by atoms with Crippen LogP contribution in [0.5, 0.6) is 0 Å². The summed E-state index contributed by atoms with van der Waals surface area (Å²) < 4.78 is 0. The van der Waals surface area contributed by atoms with Crippen molar-refractivity contribution in [1.29, 1.82) is 0 Å². The summed E-state index contributed by atoms with van der Waals surface area (Å²) in [6.07, 6.45) is 2.05. The first-order valence-electron chi connectivity index (χ1n) is 8.06. The fourth-order valence-electron chi connectivity index (χ4n) is 3.07. The molecule has 1 aromatic carbocycles. The molecule has 1 aromatic rings. The van der Waals surface area contributed by atoms with E-state index in [4.69, 9.17) is 0 Å². The van der Waals surface area contributed by atoms with Crippen LogP contribution in [-0.2, 0) is 16.0 Å². The molecule has 118 valence electrons. The van der Waals surface area contributed by atoms with Gasteiger partial charge in [-0.25, -0.2) is 0 Å². The maximum absolute atomic E-state index is 12.5. The molecule has 3 rings (SSSR count). The van der Waals surface area contributed by atoms with Gasteiger partial charge in [-0.3, -0.25) is 9.59 Å². The standard InChI is InChI=1S/C17H23N3O2/c21-16(9-13-5-2-1-3-6-13)20-8-4-7-15(20)17(22)19-12-14-10-18-11-14/h1-3,5-6,14-15,18H,4,7-12H2,(H,19,22). The maximum atomic E-state index is 12.5. The summed E-state index contributed by atoms with van der Waals surface area (Å²) in [5.74, 6) is 0.596. The van der Waals surface area contributed by atoms with Crippen LogP contribution in [0.3, 0.4) is 0 Å². The SMILES string of the molecule is O=C(NCC1CNC1)C1CCCN1C(=O)Cc1ccccc1. The Hall–Kier alpha value is -1.88. The first-order valence-corrected chi connectivity index (χ1v) is 8.06. The monoisotopic (exact) mass is 301 g/mol. The minimum atomic E-state index is -0.288. The van der Waals surface area contributed by atoms with Crippen molar-refractivity contribution in [3.05, 3.63) is 35.9 Å². The fourth-order valence-corrected chi connectivity index (χ4v) is 3.07. The number of nitrogens with one attached hydrogen (secondary N) is 2. The van der Waals surface area contributed by atoms with Gasteiger partial charge in [0.05, 0.1) is 6.42 Å². The second-order valence-corrected chi connectivity index (χ2v) is 6.18. The molecule has 0 spiro atoms. The van der Waals surface area contributed by atoms with Crippen LogP contribution in [0.2, 0.25) is 0 Å². The Bertz CT molecular complexity index is 528. The lowest BCUT2D eigenvalue weighted by Gasteiger charge is -2.29. The Kier molecular flexibility index (Phi) is 4.73. The van der Waals surface area contributed by atoms with E-state index in [0.29, 0.717) is 25.4 Å². The summed E-state index contributed by atoms with van der Waals surface area (Å²) in [6.45, 7) is 3.35. The van der Waals surface area contributed by atoms with Gasteiger partial charge in [-0.05, 0) is 18.4 Å². The second-order valence-electron chi connectivity index (χ2n) is 6.18. The molecular formula is C17H23N3O2. The number of rotatable bonds is 5. The van der Waals surface area contributed by atoms with Crippen molar-refractivity contribution >= 4 is 11.8 Å². The Morgan fingerprint density at radius 3 is 2.68 bits per heavy atom. The molecule has 2 amide bonds. The fraction of sp³-hybridized carbons (Fsp3) is 0.529. The van der Waals surface area contributed by atoms with Crippen molar-refractivity contribution in [1.82, 2.24) is 15.5 Å². The first kappa shape index (κ1) is 15.0. The molecule has 0 bridgehead atoms. The highest BCUT2D eigenvalue weighted by Crippen LogP contribution is 2.19. The summed E-state index contributed by atoms with van der Waals surface area (Å²) in [5.41, 5.74) is 0.999. The van der Waals surface area contributed by atoms with E-state index < -0.39 is 0 Å². The van der Waals surface area contributed by atoms with Crippen molar-refractivity contribution in [2.24, 2.45) is 5.92 Å². The van der Waals surface area contributed by atoms with Crippen LogP contribution in [0.4, 0.5) is 0 Å². The van der Waals surface area contributed by atoms with Crippen LogP contribution >= 0.6 is 0 Å². The number of carbonyl (C=O) groups is 2. The van der Waals surface area contributed by atoms with Gasteiger partial charge in [0.25, 0.3) is 0 Å². The van der Waals surface area contributed by atoms with E-state index in [-0.39, 0.29) is 17.9 Å². The molecule has 2 N–H and O–H groups in total. The molecule has 22 heavy (non-hydrogen) atoms. The molecular weight excluding hydrogens is 278 g/mol. The van der Waals surface area contributed by atoms with E-state index in [0.717, 1.165) is 31.5 Å². The average Bonchev–Trinajstić information content (AvgIpc) is 2.96. The predicted octanol–water partition coefficient (Wildman–Crippen LogP) is 0.556. The zero-order chi connectivity index (χ0) is 15.4. The predicted molar refractivity (Wildman–Crippen MR) is 84.3 cm³/mol. The summed E-state index contributed by atoms with van der Waals surface area (Å²) in [4.78, 5) is 26.6. The van der Waals surface area contributed by atoms with Gasteiger partial charge in [0.2, 0.25) is 11.8 Å². The topological polar surface area (TPSA) is 61.4 Å². The number of benzene rings is 1. The molecule has 2 saturated heterocycles. The lowest BCUT2D eigenvalue weighted by Crippen LogP contribution is -2.52. The quantitative estimate of drug-likeness (QED) is 0.835. The minimum absolute atomic E-state index is 0.00538. The van der Waals surface area contributed by atoms with Crippen LogP contribution in [0.1, 0.15) is 18.4 Å². The molecule has 2 aliphatic rings. The number of hydrogen-bond donors (Lipinski definition) is 2. The van der Waals surface area contributed by atoms with E-state index in [1.54, 1.807) is 4.90 Å². The molecule has 0 aliphatic carbocycles. The zero-order valence-electron chi connectivity index (χ0n) is 12.8. The number of amides is 2. The van der Waals surface area contributed by atoms with Crippen molar-refractivity contribution in [3.8, 4) is 0 Å². The molecule has 1 atom stereocenters. The largest absolute Gasteiger partial charge is 0.354 e. The Labute approximate surface area is 131 Å². The van der Waals surface area contributed by atoms with Gasteiger partial charge in [0.1, 0.15) is 6.04 Å². The Morgan fingerprint density at radius 2 is 2.00 bits per heavy atom. The third kappa shape index (κ3) is 3.47. The summed E-state index contributed by atoms with van der Waals surface area (Å²) in [6, 6.07) is 9.42. The minimum Gasteiger partial charge on any atom is -0.354 e. The normalized spacial score (nSPS) is 21.5. The number of nitrogens with zero attached hydrogens (tertiary/aromatic N) is 1. The average molecular weight is 301 g/mol. The van der Waals surface area contributed by atoms with Gasteiger partial charge in [-0.1, -0.05) is 30.3 Å². The lowest BCUT2D eigenvalue weighted by atomic mass is 10.0. The maximum Gasteiger partial charge on any atom is 0.242 e. The molecule has 2 heterocycles. The molecule has 5 nitrogen and oxygen atoms in total. The van der Waals surface area contributed by atoms with E-state index in [9.17, 15) is 9.59 Å². The second kappa shape index (κ2) is 6.92. The van der Waals surface area contributed by atoms with Gasteiger partial charge >= 0.3 is 0 Å². The number of carbonyl (C=O) groups excluding carboxylic acids is 2. The molecule has 2 aliphatic heterocycles. The third-order valence-electron chi connectivity index (χ3n) is 4.50. The van der Waals surface area contributed by atoms with E-state index >= 15 is 0 Å². The van der Waals surface area contributed by atoms with Gasteiger partial charge in [0, 0.05) is 32.1 Å². The molecule has 0 saturated carbocycles. The van der Waals surface area contributed by atoms with Gasteiger partial charge in [-0.2, -0.15) is 0 Å². The molecule has 1 unspecified atom stereocenters. The molecule has 0 aromatic heterocycles. The molecule has 0 radical (unpaired) electrons. The van der Waals surface area contributed by atoms with Crippen molar-refractivity contribution in [3.63, 3.8) is 0 Å². The summed E-state index contributed by atoms with van der Waals surface area (Å²) in [5, 5.41) is 6.20. The molecule has 5 heteroatoms. The van der Waals surface area contributed by atoms with Crippen LogP contribution < -0.4 is 10.6 Å². The Balaban J connectivity index is 1.54. The van der Waals surface area contributed by atoms with Crippen LogP contribution in [0.25, 0.3) is 0 Å². The number of likely N-dealkylation sites (tertiary alicyclic amines) is 1. The first-order chi connectivity index (χ1) is 10.7. The van der Waals surface area contributed by atoms with Gasteiger partial charge in [0.15, 0.2) is 0 Å². The van der Waals surface area contributed by atoms with Crippen LogP contribution in [-0.4, -0.2) is 48.9 Å². The highest BCUT2D eigenvalue weighted by Gasteiger charge is 2.34. The van der Waals surface area contributed by atoms with Crippen molar-refractivity contribution < 1.29 is 9.59 Å². The smallest absolute Gasteiger partial charge is 0.242 e. The summed E-state index contributed by atoms with van der Waals surface area (Å²) >= 11 is 0. The number of hydrogen-bond acceptors (Lipinski definition) is 3. The van der Waals surface area contributed by atoms with Crippen molar-refractivity contribution in [2.75, 3.05) is 26.2 Å². The van der Waals surface area contributed by atoms with Gasteiger partial charge in [-0.15, -0.1) is 0 Å². The van der Waals surface area contributed by atoms with Crippen molar-refractivity contribution in [2.45, 2.75) is 25.3 Å². The molecule has 2 fully saturated rings. The highest BCUT2D eigenvalue weighted by atomic mass is 16.2. The zero-order valence-corrected chi connectivity index (χ0v) is 12.8.